The first-order valence-electron chi connectivity index (χ1n) is 7.49. The lowest BCUT2D eigenvalue weighted by Gasteiger charge is -2.14. The van der Waals surface area contributed by atoms with Crippen LogP contribution in [0, 0.1) is 0 Å². The van der Waals surface area contributed by atoms with Gasteiger partial charge >= 0.3 is 6.61 Å². The summed E-state index contributed by atoms with van der Waals surface area (Å²) in [7, 11) is 0. The molecule has 0 aliphatic heterocycles. The van der Waals surface area contributed by atoms with Crippen molar-refractivity contribution < 1.29 is 18.3 Å². The Morgan fingerprint density at radius 2 is 1.92 bits per heavy atom. The molecule has 0 aliphatic rings. The van der Waals surface area contributed by atoms with E-state index in [0.717, 1.165) is 11.0 Å². The van der Waals surface area contributed by atoms with Crippen LogP contribution in [-0.2, 0) is 4.79 Å². The molecule has 0 bridgehead atoms. The number of rotatable bonds is 6. The minimum Gasteiger partial charge on any atom is -0.433 e. The summed E-state index contributed by atoms with van der Waals surface area (Å²) in [5, 5.41) is 2.74. The van der Waals surface area contributed by atoms with Crippen LogP contribution < -0.4 is 10.1 Å². The number of imidazole rings is 1. The number of thioether (sulfide) groups is 1. The maximum Gasteiger partial charge on any atom is 0.387 e. The molecular formula is C17H15F2N3O2S. The van der Waals surface area contributed by atoms with Gasteiger partial charge in [-0.3, -0.25) is 4.79 Å². The number of amides is 1. The number of carbonyl (C=O) groups is 1. The van der Waals surface area contributed by atoms with E-state index in [1.54, 1.807) is 19.1 Å². The monoisotopic (exact) mass is 363 g/mol. The van der Waals surface area contributed by atoms with Crippen molar-refractivity contribution in [2.45, 2.75) is 23.9 Å². The molecule has 0 saturated heterocycles. The number of alkyl halides is 2. The van der Waals surface area contributed by atoms with Crippen molar-refractivity contribution in [1.29, 1.82) is 0 Å². The number of nitrogens with zero attached hydrogens (tertiary/aromatic N) is 1. The molecule has 2 aromatic carbocycles. The van der Waals surface area contributed by atoms with E-state index in [4.69, 9.17) is 0 Å². The Labute approximate surface area is 146 Å². The van der Waals surface area contributed by atoms with Crippen LogP contribution in [-0.4, -0.2) is 27.7 Å². The van der Waals surface area contributed by atoms with Gasteiger partial charge in [0.1, 0.15) is 5.75 Å². The molecule has 0 fully saturated rings. The number of benzene rings is 2. The summed E-state index contributed by atoms with van der Waals surface area (Å²) in [5.74, 6) is -0.414. The Balaban J connectivity index is 1.68. The van der Waals surface area contributed by atoms with Crippen LogP contribution in [0.5, 0.6) is 5.75 Å². The Kier molecular flexibility index (Phi) is 5.18. The Morgan fingerprint density at radius 3 is 2.68 bits per heavy atom. The maximum atomic E-state index is 12.4. The second-order valence-electron chi connectivity index (χ2n) is 5.18. The zero-order valence-corrected chi connectivity index (χ0v) is 14.0. The number of hydrogen-bond acceptors (Lipinski definition) is 4. The van der Waals surface area contributed by atoms with Gasteiger partial charge in [0, 0.05) is 0 Å². The molecule has 25 heavy (non-hydrogen) atoms. The van der Waals surface area contributed by atoms with E-state index in [1.807, 2.05) is 24.3 Å². The smallest absolute Gasteiger partial charge is 0.387 e. The lowest BCUT2D eigenvalue weighted by Crippen LogP contribution is -2.23. The standard InChI is InChI=1S/C17H15F2N3O2S/c1-10(25-17-21-11-6-2-3-7-12(11)22-17)15(23)20-13-8-4-5-9-14(13)24-16(18)19/h2-10,16H,1H3,(H,20,23)(H,21,22)/t10-/m1/s1. The first-order valence-corrected chi connectivity index (χ1v) is 8.37. The Bertz CT molecular complexity index is 852. The van der Waals surface area contributed by atoms with Crippen molar-refractivity contribution in [1.82, 2.24) is 9.97 Å². The van der Waals surface area contributed by atoms with E-state index in [1.165, 1.54) is 23.9 Å². The molecule has 130 valence electrons. The molecule has 0 radical (unpaired) electrons. The highest BCUT2D eigenvalue weighted by atomic mass is 32.2. The van der Waals surface area contributed by atoms with Crippen LogP contribution in [0.2, 0.25) is 0 Å². The molecule has 0 saturated carbocycles. The predicted octanol–water partition coefficient (Wildman–Crippen LogP) is 4.28. The van der Waals surface area contributed by atoms with Gasteiger partial charge in [0.25, 0.3) is 0 Å². The molecule has 1 atom stereocenters. The number of carbonyl (C=O) groups excluding carboxylic acids is 1. The Morgan fingerprint density at radius 1 is 1.20 bits per heavy atom. The topological polar surface area (TPSA) is 67.0 Å². The fraction of sp³-hybridized carbons (Fsp3) is 0.176. The number of nitrogens with one attached hydrogen (secondary N) is 2. The maximum absolute atomic E-state index is 12.4. The summed E-state index contributed by atoms with van der Waals surface area (Å²) >= 11 is 1.25. The third-order valence-electron chi connectivity index (χ3n) is 3.39. The zero-order valence-electron chi connectivity index (χ0n) is 13.2. The third kappa shape index (κ3) is 4.27. The molecule has 3 aromatic rings. The van der Waals surface area contributed by atoms with E-state index in [2.05, 4.69) is 20.0 Å². The van der Waals surface area contributed by atoms with Gasteiger partial charge in [0.05, 0.1) is 22.0 Å². The number of halogens is 2. The average molecular weight is 363 g/mol. The number of ether oxygens (including phenoxy) is 1. The summed E-state index contributed by atoms with van der Waals surface area (Å²) in [6, 6.07) is 13.6. The van der Waals surface area contributed by atoms with Gasteiger partial charge in [0.15, 0.2) is 5.16 Å². The molecule has 1 amide bonds. The van der Waals surface area contributed by atoms with Crippen molar-refractivity contribution in [3.05, 3.63) is 48.5 Å². The van der Waals surface area contributed by atoms with Crippen molar-refractivity contribution in [2.75, 3.05) is 5.32 Å². The molecule has 5 nitrogen and oxygen atoms in total. The first kappa shape index (κ1) is 17.2. The van der Waals surface area contributed by atoms with Gasteiger partial charge in [-0.05, 0) is 31.2 Å². The van der Waals surface area contributed by atoms with E-state index >= 15 is 0 Å². The van der Waals surface area contributed by atoms with Gasteiger partial charge in [-0.15, -0.1) is 0 Å². The molecule has 3 rings (SSSR count). The van der Waals surface area contributed by atoms with Crippen molar-refractivity contribution >= 4 is 34.4 Å². The highest BCUT2D eigenvalue weighted by Gasteiger charge is 2.19. The SMILES string of the molecule is C[C@@H](Sc1nc2ccccc2[nH]1)C(=O)Nc1ccccc1OC(F)F. The van der Waals surface area contributed by atoms with E-state index in [9.17, 15) is 13.6 Å². The highest BCUT2D eigenvalue weighted by Crippen LogP contribution is 2.28. The molecule has 1 aromatic heterocycles. The van der Waals surface area contributed by atoms with Crippen LogP contribution >= 0.6 is 11.8 Å². The fourth-order valence-corrected chi connectivity index (χ4v) is 3.03. The number of fused-ring (bicyclic) bond motifs is 1. The van der Waals surface area contributed by atoms with Crippen molar-refractivity contribution in [2.24, 2.45) is 0 Å². The third-order valence-corrected chi connectivity index (χ3v) is 4.37. The van der Waals surface area contributed by atoms with Gasteiger partial charge < -0.3 is 15.0 Å². The summed E-state index contributed by atoms with van der Waals surface area (Å²) in [4.78, 5) is 19.9. The predicted molar refractivity (Wildman–Crippen MR) is 93.1 cm³/mol. The van der Waals surface area contributed by atoms with E-state index in [0.29, 0.717) is 5.16 Å². The fourth-order valence-electron chi connectivity index (χ4n) is 2.21. The van der Waals surface area contributed by atoms with Gasteiger partial charge in [0.2, 0.25) is 5.91 Å². The lowest BCUT2D eigenvalue weighted by atomic mass is 10.3. The number of anilines is 1. The van der Waals surface area contributed by atoms with Crippen LogP contribution in [0.4, 0.5) is 14.5 Å². The van der Waals surface area contributed by atoms with Crippen molar-refractivity contribution in [3.8, 4) is 5.75 Å². The minimum absolute atomic E-state index is 0.0770. The minimum atomic E-state index is -2.96. The van der Waals surface area contributed by atoms with Crippen LogP contribution in [0.25, 0.3) is 11.0 Å². The average Bonchev–Trinajstić information content (AvgIpc) is 2.98. The Hall–Kier alpha value is -2.61. The van der Waals surface area contributed by atoms with E-state index < -0.39 is 11.9 Å². The van der Waals surface area contributed by atoms with Crippen molar-refractivity contribution in [3.63, 3.8) is 0 Å². The summed E-state index contributed by atoms with van der Waals surface area (Å²) in [6.07, 6.45) is 0. The number of aromatic amines is 1. The van der Waals surface area contributed by atoms with Crippen LogP contribution in [0.1, 0.15) is 6.92 Å². The molecule has 0 unspecified atom stereocenters. The molecule has 0 aliphatic carbocycles. The van der Waals surface area contributed by atoms with E-state index in [-0.39, 0.29) is 17.3 Å². The second-order valence-corrected chi connectivity index (χ2v) is 6.51. The van der Waals surface area contributed by atoms with Gasteiger partial charge in [-0.1, -0.05) is 36.0 Å². The summed E-state index contributed by atoms with van der Waals surface area (Å²) < 4.78 is 29.3. The molecular weight excluding hydrogens is 348 g/mol. The first-order chi connectivity index (χ1) is 12.0. The molecule has 8 heteroatoms. The molecule has 1 heterocycles. The normalized spacial score (nSPS) is 12.3. The van der Waals surface area contributed by atoms with Gasteiger partial charge in [-0.25, -0.2) is 4.98 Å². The van der Waals surface area contributed by atoms with Crippen LogP contribution in [0.15, 0.2) is 53.7 Å². The number of aromatic nitrogens is 2. The highest BCUT2D eigenvalue weighted by molar-refractivity contribution is 8.00. The largest absolute Gasteiger partial charge is 0.433 e. The quantitative estimate of drug-likeness (QED) is 0.642. The molecule has 0 spiro atoms. The number of H-pyrrole nitrogens is 1. The summed E-state index contributed by atoms with van der Waals surface area (Å²) in [6.45, 7) is -1.25. The van der Waals surface area contributed by atoms with Gasteiger partial charge in [-0.2, -0.15) is 8.78 Å². The number of para-hydroxylation sites is 4. The second kappa shape index (κ2) is 7.52. The number of hydrogen-bond donors (Lipinski definition) is 2. The van der Waals surface area contributed by atoms with Crippen LogP contribution in [0.3, 0.4) is 0 Å². The summed E-state index contributed by atoms with van der Waals surface area (Å²) in [5.41, 5.74) is 1.89. The molecule has 2 N–H and O–H groups in total. The zero-order chi connectivity index (χ0) is 17.8. The lowest BCUT2D eigenvalue weighted by molar-refractivity contribution is -0.115.